The van der Waals surface area contributed by atoms with Gasteiger partial charge in [0.25, 0.3) is 5.91 Å². The lowest BCUT2D eigenvalue weighted by Gasteiger charge is -2.38. The van der Waals surface area contributed by atoms with E-state index in [9.17, 15) is 9.90 Å². The SMILES string of the molecule is O=C(c1nc(C2CC2)cnc1Nc1cncnc1)N1CCC(O)(Cc2ccccc2)CC1. The predicted octanol–water partition coefficient (Wildman–Crippen LogP) is 3.10. The van der Waals surface area contributed by atoms with Crippen molar-refractivity contribution in [3.8, 4) is 0 Å². The van der Waals surface area contributed by atoms with Crippen LogP contribution >= 0.6 is 0 Å². The van der Waals surface area contributed by atoms with Crippen molar-refractivity contribution in [3.05, 3.63) is 72.2 Å². The Hall–Kier alpha value is -3.39. The van der Waals surface area contributed by atoms with E-state index in [0.29, 0.717) is 55.5 Å². The van der Waals surface area contributed by atoms with Crippen molar-refractivity contribution in [2.75, 3.05) is 18.4 Å². The topological polar surface area (TPSA) is 104 Å². The first-order valence-electron chi connectivity index (χ1n) is 11.0. The van der Waals surface area contributed by atoms with Gasteiger partial charge in [-0.2, -0.15) is 0 Å². The quantitative estimate of drug-likeness (QED) is 0.619. The van der Waals surface area contributed by atoms with Crippen molar-refractivity contribution < 1.29 is 9.90 Å². The van der Waals surface area contributed by atoms with Gasteiger partial charge in [-0.15, -0.1) is 0 Å². The molecule has 0 unspecified atom stereocenters. The van der Waals surface area contributed by atoms with Crippen LogP contribution in [-0.4, -0.2) is 54.5 Å². The van der Waals surface area contributed by atoms with Gasteiger partial charge in [0, 0.05) is 25.4 Å². The van der Waals surface area contributed by atoms with E-state index in [1.165, 1.54) is 6.33 Å². The molecule has 0 bridgehead atoms. The van der Waals surface area contributed by atoms with Gasteiger partial charge >= 0.3 is 0 Å². The second-order valence-corrected chi connectivity index (χ2v) is 8.70. The van der Waals surface area contributed by atoms with E-state index in [1.807, 2.05) is 30.3 Å². The molecule has 164 valence electrons. The maximum atomic E-state index is 13.4. The van der Waals surface area contributed by atoms with Crippen LogP contribution in [0.5, 0.6) is 0 Å². The maximum absolute atomic E-state index is 13.4. The Balaban J connectivity index is 1.33. The average molecular weight is 431 g/mol. The molecule has 0 spiro atoms. The Morgan fingerprint density at radius 3 is 2.50 bits per heavy atom. The summed E-state index contributed by atoms with van der Waals surface area (Å²) in [4.78, 5) is 32.4. The molecule has 3 aromatic rings. The normalized spacial score (nSPS) is 17.7. The van der Waals surface area contributed by atoms with Crippen LogP contribution in [0.4, 0.5) is 11.5 Å². The van der Waals surface area contributed by atoms with Gasteiger partial charge in [-0.25, -0.2) is 19.9 Å². The molecule has 0 atom stereocenters. The Bertz CT molecular complexity index is 1080. The van der Waals surface area contributed by atoms with Crippen molar-refractivity contribution in [3.63, 3.8) is 0 Å². The minimum Gasteiger partial charge on any atom is -0.389 e. The molecule has 1 aliphatic heterocycles. The van der Waals surface area contributed by atoms with Crippen LogP contribution in [-0.2, 0) is 6.42 Å². The van der Waals surface area contributed by atoms with Crippen molar-refractivity contribution in [2.24, 2.45) is 0 Å². The number of nitrogens with one attached hydrogen (secondary N) is 1. The second-order valence-electron chi connectivity index (χ2n) is 8.70. The highest BCUT2D eigenvalue weighted by Gasteiger charge is 2.36. The lowest BCUT2D eigenvalue weighted by atomic mass is 9.85. The van der Waals surface area contributed by atoms with Crippen LogP contribution in [0.25, 0.3) is 0 Å². The van der Waals surface area contributed by atoms with Crippen LogP contribution in [0.3, 0.4) is 0 Å². The number of aromatic nitrogens is 4. The lowest BCUT2D eigenvalue weighted by molar-refractivity contribution is -0.0163. The minimum atomic E-state index is -0.803. The molecule has 1 aliphatic carbocycles. The smallest absolute Gasteiger partial charge is 0.276 e. The summed E-state index contributed by atoms with van der Waals surface area (Å²) < 4.78 is 0. The Labute approximate surface area is 186 Å². The third-order valence-electron chi connectivity index (χ3n) is 6.17. The molecule has 1 amide bonds. The third-order valence-corrected chi connectivity index (χ3v) is 6.17. The molecular weight excluding hydrogens is 404 g/mol. The van der Waals surface area contributed by atoms with E-state index in [-0.39, 0.29) is 5.91 Å². The summed E-state index contributed by atoms with van der Waals surface area (Å²) in [6.07, 6.45) is 10.3. The van der Waals surface area contributed by atoms with Crippen molar-refractivity contribution in [1.29, 1.82) is 0 Å². The molecule has 2 fully saturated rings. The van der Waals surface area contributed by atoms with Crippen molar-refractivity contribution in [1.82, 2.24) is 24.8 Å². The van der Waals surface area contributed by atoms with Crippen LogP contribution < -0.4 is 5.32 Å². The number of benzene rings is 1. The van der Waals surface area contributed by atoms with Gasteiger partial charge in [0.2, 0.25) is 0 Å². The number of carbonyl (C=O) groups is 1. The Morgan fingerprint density at radius 2 is 1.81 bits per heavy atom. The average Bonchev–Trinajstić information content (AvgIpc) is 3.66. The fourth-order valence-electron chi connectivity index (χ4n) is 4.15. The van der Waals surface area contributed by atoms with Gasteiger partial charge < -0.3 is 15.3 Å². The monoisotopic (exact) mass is 430 g/mol. The molecule has 2 aliphatic rings. The molecule has 2 aromatic heterocycles. The molecular formula is C24H26N6O2. The van der Waals surface area contributed by atoms with Gasteiger partial charge in [0.15, 0.2) is 11.5 Å². The predicted molar refractivity (Wildman–Crippen MR) is 120 cm³/mol. The van der Waals surface area contributed by atoms with E-state index in [2.05, 4.69) is 20.3 Å². The van der Waals surface area contributed by atoms with Gasteiger partial charge in [0.1, 0.15) is 6.33 Å². The molecule has 8 nitrogen and oxygen atoms in total. The summed E-state index contributed by atoms with van der Waals surface area (Å²) in [7, 11) is 0. The molecule has 1 saturated heterocycles. The van der Waals surface area contributed by atoms with E-state index in [1.54, 1.807) is 23.5 Å². The summed E-state index contributed by atoms with van der Waals surface area (Å²) in [5.74, 6) is 0.626. The van der Waals surface area contributed by atoms with E-state index >= 15 is 0 Å². The van der Waals surface area contributed by atoms with E-state index in [0.717, 1.165) is 24.1 Å². The highest BCUT2D eigenvalue weighted by Crippen LogP contribution is 2.39. The number of aliphatic hydroxyl groups is 1. The van der Waals surface area contributed by atoms with Gasteiger partial charge in [-0.3, -0.25) is 4.79 Å². The van der Waals surface area contributed by atoms with E-state index in [4.69, 9.17) is 4.98 Å². The highest BCUT2D eigenvalue weighted by atomic mass is 16.3. The number of rotatable bonds is 6. The number of piperidine rings is 1. The Kier molecular flexibility index (Phi) is 5.53. The number of amides is 1. The summed E-state index contributed by atoms with van der Waals surface area (Å²) in [5.41, 5.74) is 2.12. The molecule has 0 radical (unpaired) electrons. The fraction of sp³-hybridized carbons (Fsp3) is 0.375. The molecule has 1 saturated carbocycles. The van der Waals surface area contributed by atoms with Crippen molar-refractivity contribution >= 4 is 17.4 Å². The number of nitrogens with zero attached hydrogens (tertiary/aromatic N) is 5. The summed E-state index contributed by atoms with van der Waals surface area (Å²) in [6, 6.07) is 9.99. The maximum Gasteiger partial charge on any atom is 0.276 e. The van der Waals surface area contributed by atoms with Crippen LogP contribution in [0.15, 0.2) is 55.2 Å². The highest BCUT2D eigenvalue weighted by molar-refractivity contribution is 5.97. The molecule has 3 heterocycles. The number of hydrogen-bond acceptors (Lipinski definition) is 7. The zero-order valence-electron chi connectivity index (χ0n) is 17.8. The van der Waals surface area contributed by atoms with Gasteiger partial charge in [-0.05, 0) is 31.2 Å². The molecule has 1 aromatic carbocycles. The van der Waals surface area contributed by atoms with Gasteiger partial charge in [-0.1, -0.05) is 30.3 Å². The van der Waals surface area contributed by atoms with Crippen LogP contribution in [0.1, 0.15) is 53.3 Å². The minimum absolute atomic E-state index is 0.166. The molecule has 32 heavy (non-hydrogen) atoms. The first-order valence-corrected chi connectivity index (χ1v) is 11.0. The first kappa shape index (κ1) is 20.5. The van der Waals surface area contributed by atoms with Crippen LogP contribution in [0, 0.1) is 0 Å². The fourth-order valence-corrected chi connectivity index (χ4v) is 4.15. The first-order chi connectivity index (χ1) is 15.6. The molecule has 8 heteroatoms. The Morgan fingerprint density at radius 1 is 1.09 bits per heavy atom. The summed E-state index contributed by atoms with van der Waals surface area (Å²) in [5, 5.41) is 14.2. The second kappa shape index (κ2) is 8.63. The number of hydrogen-bond donors (Lipinski definition) is 2. The number of carbonyl (C=O) groups excluding carboxylic acids is 1. The molecule has 2 N–H and O–H groups in total. The van der Waals surface area contributed by atoms with Gasteiger partial charge in [0.05, 0.1) is 35.6 Å². The molecule has 5 rings (SSSR count). The lowest BCUT2D eigenvalue weighted by Crippen LogP contribution is -2.48. The zero-order chi connectivity index (χ0) is 22.0. The van der Waals surface area contributed by atoms with Crippen LogP contribution in [0.2, 0.25) is 0 Å². The summed E-state index contributed by atoms with van der Waals surface area (Å²) >= 11 is 0. The number of likely N-dealkylation sites (tertiary alicyclic amines) is 1. The van der Waals surface area contributed by atoms with Crippen molar-refractivity contribution in [2.45, 2.75) is 43.6 Å². The third kappa shape index (κ3) is 4.60. The standard InChI is InChI=1S/C24H26N6O2/c31-23(30-10-8-24(32,9-11-30)12-17-4-2-1-3-5-17)21-22(28-19-13-25-16-26-14-19)27-15-20(29-21)18-6-7-18/h1-5,13-16,18,32H,6-12H2,(H,27,28). The summed E-state index contributed by atoms with van der Waals surface area (Å²) in [6.45, 7) is 0.955. The van der Waals surface area contributed by atoms with E-state index < -0.39 is 5.60 Å². The zero-order valence-corrected chi connectivity index (χ0v) is 17.8. The number of anilines is 2. The largest absolute Gasteiger partial charge is 0.389 e.